The molecular weight excluding hydrogens is 228 g/mol. The van der Waals surface area contributed by atoms with Crippen LogP contribution in [0.15, 0.2) is 12.1 Å². The minimum Gasteiger partial charge on any atom is -0.481 e. The van der Waals surface area contributed by atoms with Crippen LogP contribution in [0.25, 0.3) is 0 Å². The monoisotopic (exact) mass is 239 g/mol. The van der Waals surface area contributed by atoms with Crippen LogP contribution in [-0.2, 0) is 17.6 Å². The molecule has 1 rings (SSSR count). The first-order valence-electron chi connectivity index (χ1n) is 5.05. The fraction of sp³-hybridized carbons (Fsp3) is 0.333. The molecule has 0 aromatic heterocycles. The van der Waals surface area contributed by atoms with E-state index in [-0.39, 0.29) is 23.1 Å². The minimum atomic E-state index is -2.70. The van der Waals surface area contributed by atoms with Crippen molar-refractivity contribution < 1.29 is 18.7 Å². The summed E-state index contributed by atoms with van der Waals surface area (Å²) in [4.78, 5) is 10.6. The number of rotatable bonds is 4. The summed E-state index contributed by atoms with van der Waals surface area (Å²) in [6.07, 6.45) is -2.74. The zero-order valence-electron chi connectivity index (χ0n) is 9.20. The molecule has 1 aromatic rings. The number of aliphatic carboxylic acids is 1. The summed E-state index contributed by atoms with van der Waals surface area (Å²) in [5, 5.41) is 17.4. The SMILES string of the molecule is CCc1c(CC(=O)O)cc(C#N)cc1C(F)F. The Morgan fingerprint density at radius 2 is 2.18 bits per heavy atom. The molecule has 0 radical (unpaired) electrons. The predicted molar refractivity (Wildman–Crippen MR) is 56.8 cm³/mol. The molecule has 1 N–H and O–H groups in total. The van der Waals surface area contributed by atoms with Crippen LogP contribution in [0.5, 0.6) is 0 Å². The molecule has 90 valence electrons. The molecule has 0 atom stereocenters. The number of halogens is 2. The number of carbonyl (C=O) groups is 1. The van der Waals surface area contributed by atoms with E-state index in [0.717, 1.165) is 6.07 Å². The summed E-state index contributed by atoms with van der Waals surface area (Å²) in [6, 6.07) is 4.24. The average molecular weight is 239 g/mol. The van der Waals surface area contributed by atoms with Gasteiger partial charge in [-0.2, -0.15) is 5.26 Å². The summed E-state index contributed by atoms with van der Waals surface area (Å²) >= 11 is 0. The first-order chi connectivity index (χ1) is 7.99. The van der Waals surface area contributed by atoms with Crippen LogP contribution in [0.3, 0.4) is 0 Å². The number of carboxylic acid groups (broad SMARTS) is 1. The van der Waals surface area contributed by atoms with Gasteiger partial charge in [0.05, 0.1) is 18.1 Å². The van der Waals surface area contributed by atoms with Gasteiger partial charge < -0.3 is 5.11 Å². The van der Waals surface area contributed by atoms with Crippen LogP contribution < -0.4 is 0 Å². The standard InChI is InChI=1S/C12H11F2NO2/c1-2-9-8(5-11(16)17)3-7(6-15)4-10(9)12(13)14/h3-4,12H,2,5H2,1H3,(H,16,17). The molecule has 0 bridgehead atoms. The number of nitriles is 1. The van der Waals surface area contributed by atoms with Crippen molar-refractivity contribution in [3.8, 4) is 6.07 Å². The average Bonchev–Trinajstić information content (AvgIpc) is 2.26. The van der Waals surface area contributed by atoms with Gasteiger partial charge in [0, 0.05) is 5.56 Å². The largest absolute Gasteiger partial charge is 0.481 e. The summed E-state index contributed by atoms with van der Waals surface area (Å²) in [7, 11) is 0. The molecule has 0 heterocycles. The number of alkyl halides is 2. The number of nitrogens with zero attached hydrogens (tertiary/aromatic N) is 1. The third kappa shape index (κ3) is 3.00. The summed E-state index contributed by atoms with van der Waals surface area (Å²) in [5.74, 6) is -1.10. The Balaban J connectivity index is 3.40. The van der Waals surface area contributed by atoms with Crippen LogP contribution in [0.2, 0.25) is 0 Å². The Morgan fingerprint density at radius 3 is 2.59 bits per heavy atom. The van der Waals surface area contributed by atoms with Crippen molar-refractivity contribution in [1.82, 2.24) is 0 Å². The van der Waals surface area contributed by atoms with Crippen LogP contribution in [-0.4, -0.2) is 11.1 Å². The van der Waals surface area contributed by atoms with Crippen LogP contribution in [0.4, 0.5) is 8.78 Å². The van der Waals surface area contributed by atoms with E-state index in [4.69, 9.17) is 10.4 Å². The van der Waals surface area contributed by atoms with Crippen molar-refractivity contribution >= 4 is 5.97 Å². The second-order valence-corrected chi connectivity index (χ2v) is 3.54. The van der Waals surface area contributed by atoms with Gasteiger partial charge in [-0.3, -0.25) is 4.79 Å². The van der Waals surface area contributed by atoms with Gasteiger partial charge in [-0.1, -0.05) is 6.92 Å². The third-order valence-corrected chi connectivity index (χ3v) is 2.44. The fourth-order valence-corrected chi connectivity index (χ4v) is 1.77. The van der Waals surface area contributed by atoms with Crippen molar-refractivity contribution in [2.75, 3.05) is 0 Å². The molecule has 0 unspecified atom stereocenters. The molecule has 1 aromatic carbocycles. The third-order valence-electron chi connectivity index (χ3n) is 2.44. The molecule has 17 heavy (non-hydrogen) atoms. The summed E-state index contributed by atoms with van der Waals surface area (Å²) < 4.78 is 25.6. The maximum Gasteiger partial charge on any atom is 0.307 e. The van der Waals surface area contributed by atoms with E-state index in [0.29, 0.717) is 12.0 Å². The smallest absolute Gasteiger partial charge is 0.307 e. The Bertz CT molecular complexity index is 478. The van der Waals surface area contributed by atoms with E-state index in [1.807, 2.05) is 0 Å². The van der Waals surface area contributed by atoms with Crippen molar-refractivity contribution in [3.63, 3.8) is 0 Å². The molecule has 0 saturated heterocycles. The van der Waals surface area contributed by atoms with Gasteiger partial charge in [0.1, 0.15) is 0 Å². The van der Waals surface area contributed by atoms with Gasteiger partial charge in [0.25, 0.3) is 6.43 Å². The minimum absolute atomic E-state index is 0.0637. The lowest BCUT2D eigenvalue weighted by molar-refractivity contribution is -0.136. The van der Waals surface area contributed by atoms with E-state index in [9.17, 15) is 13.6 Å². The maximum atomic E-state index is 12.8. The Morgan fingerprint density at radius 1 is 1.53 bits per heavy atom. The van der Waals surface area contributed by atoms with Crippen LogP contribution in [0, 0.1) is 11.3 Å². The fourth-order valence-electron chi connectivity index (χ4n) is 1.77. The number of hydrogen-bond acceptors (Lipinski definition) is 2. The normalized spacial score (nSPS) is 10.3. The van der Waals surface area contributed by atoms with Crippen molar-refractivity contribution in [2.45, 2.75) is 26.2 Å². The molecule has 0 saturated carbocycles. The lowest BCUT2D eigenvalue weighted by Crippen LogP contribution is -2.07. The zero-order valence-corrected chi connectivity index (χ0v) is 9.20. The highest BCUT2D eigenvalue weighted by Crippen LogP contribution is 2.28. The van der Waals surface area contributed by atoms with Crippen molar-refractivity contribution in [1.29, 1.82) is 5.26 Å². The highest BCUT2D eigenvalue weighted by atomic mass is 19.3. The second-order valence-electron chi connectivity index (χ2n) is 3.54. The molecule has 5 heteroatoms. The molecule has 0 aliphatic rings. The van der Waals surface area contributed by atoms with Gasteiger partial charge in [-0.15, -0.1) is 0 Å². The molecule has 0 aliphatic heterocycles. The van der Waals surface area contributed by atoms with Gasteiger partial charge in [-0.25, -0.2) is 8.78 Å². The molecule has 0 aliphatic carbocycles. The van der Waals surface area contributed by atoms with E-state index < -0.39 is 12.4 Å². The predicted octanol–water partition coefficient (Wildman–Crippen LogP) is 2.69. The molecule has 0 spiro atoms. The van der Waals surface area contributed by atoms with Crippen molar-refractivity contribution in [3.05, 3.63) is 34.4 Å². The maximum absolute atomic E-state index is 12.8. The highest BCUT2D eigenvalue weighted by molar-refractivity contribution is 5.71. The molecular formula is C12H11F2NO2. The number of hydrogen-bond donors (Lipinski definition) is 1. The Hall–Kier alpha value is -1.96. The van der Waals surface area contributed by atoms with E-state index >= 15 is 0 Å². The Kier molecular flexibility index (Phi) is 4.16. The summed E-state index contributed by atoms with van der Waals surface area (Å²) in [6.45, 7) is 1.68. The molecule has 0 fully saturated rings. The van der Waals surface area contributed by atoms with E-state index in [2.05, 4.69) is 0 Å². The Labute approximate surface area is 97.3 Å². The van der Waals surface area contributed by atoms with Crippen LogP contribution >= 0.6 is 0 Å². The zero-order chi connectivity index (χ0) is 13.0. The van der Waals surface area contributed by atoms with Crippen molar-refractivity contribution in [2.24, 2.45) is 0 Å². The number of benzene rings is 1. The topological polar surface area (TPSA) is 61.1 Å². The second kappa shape index (κ2) is 5.39. The highest BCUT2D eigenvalue weighted by Gasteiger charge is 2.18. The first kappa shape index (κ1) is 13.1. The van der Waals surface area contributed by atoms with E-state index in [1.54, 1.807) is 13.0 Å². The lowest BCUT2D eigenvalue weighted by atomic mass is 9.94. The van der Waals surface area contributed by atoms with Gasteiger partial charge in [0.2, 0.25) is 0 Å². The van der Waals surface area contributed by atoms with Gasteiger partial charge in [0.15, 0.2) is 0 Å². The molecule has 3 nitrogen and oxygen atoms in total. The quantitative estimate of drug-likeness (QED) is 0.878. The van der Waals surface area contributed by atoms with Crippen LogP contribution in [0.1, 0.15) is 35.6 Å². The van der Waals surface area contributed by atoms with E-state index in [1.165, 1.54) is 6.07 Å². The summed E-state index contributed by atoms with van der Waals surface area (Å²) in [5.41, 5.74) is 0.423. The van der Waals surface area contributed by atoms with Gasteiger partial charge in [-0.05, 0) is 29.7 Å². The lowest BCUT2D eigenvalue weighted by Gasteiger charge is -2.12. The van der Waals surface area contributed by atoms with Gasteiger partial charge >= 0.3 is 5.97 Å². The number of carboxylic acids is 1. The first-order valence-corrected chi connectivity index (χ1v) is 5.05. The molecule has 0 amide bonds.